The normalized spacial score (nSPS) is 26.6. The monoisotopic (exact) mass is 306 g/mol. The van der Waals surface area contributed by atoms with E-state index in [4.69, 9.17) is 0 Å². The van der Waals surface area contributed by atoms with Crippen molar-refractivity contribution in [1.82, 2.24) is 10.2 Å². The van der Waals surface area contributed by atoms with Crippen molar-refractivity contribution in [2.75, 3.05) is 6.54 Å². The van der Waals surface area contributed by atoms with Gasteiger partial charge in [0.1, 0.15) is 6.17 Å². The summed E-state index contributed by atoms with van der Waals surface area (Å²) < 4.78 is 0. The molecule has 1 saturated heterocycles. The zero-order valence-corrected chi connectivity index (χ0v) is 13.9. The van der Waals surface area contributed by atoms with E-state index in [1.807, 2.05) is 0 Å². The standard InChI is InChI=1S/C17H26N2OS/c1-12(2)11-14-17(20)19(9-8-13-5-3-6-13)16(18-14)15-7-4-10-21-15/h4,7,10,12-14,16,18H,3,5-6,8-9,11H2,1-2H3. The maximum atomic E-state index is 12.7. The predicted octanol–water partition coefficient (Wildman–Crippen LogP) is 3.78. The minimum absolute atomic E-state index is 0.00140. The Labute approximate surface area is 131 Å². The highest BCUT2D eigenvalue weighted by molar-refractivity contribution is 7.10. The van der Waals surface area contributed by atoms with Crippen LogP contribution in [0.3, 0.4) is 0 Å². The Bertz CT molecular complexity index is 467. The third-order valence-corrected chi connectivity index (χ3v) is 5.70. The molecule has 1 aliphatic carbocycles. The number of rotatable bonds is 6. The van der Waals surface area contributed by atoms with Gasteiger partial charge in [0.25, 0.3) is 0 Å². The van der Waals surface area contributed by atoms with E-state index >= 15 is 0 Å². The number of amides is 1. The summed E-state index contributed by atoms with van der Waals surface area (Å²) in [5.74, 6) is 1.70. The zero-order valence-electron chi connectivity index (χ0n) is 13.0. The van der Waals surface area contributed by atoms with Gasteiger partial charge in [-0.25, -0.2) is 0 Å². The molecule has 1 aliphatic heterocycles. The van der Waals surface area contributed by atoms with Gasteiger partial charge in [-0.05, 0) is 36.1 Å². The molecule has 1 saturated carbocycles. The third kappa shape index (κ3) is 3.32. The highest BCUT2D eigenvalue weighted by Gasteiger charge is 2.40. The molecule has 2 atom stereocenters. The number of nitrogens with zero attached hydrogens (tertiary/aromatic N) is 1. The molecular weight excluding hydrogens is 280 g/mol. The Hall–Kier alpha value is -0.870. The summed E-state index contributed by atoms with van der Waals surface area (Å²) in [6.45, 7) is 5.28. The second-order valence-corrected chi connectivity index (χ2v) is 7.86. The highest BCUT2D eigenvalue weighted by Crippen LogP contribution is 2.34. The molecule has 1 aromatic rings. The van der Waals surface area contributed by atoms with Gasteiger partial charge in [-0.2, -0.15) is 0 Å². The largest absolute Gasteiger partial charge is 0.321 e. The second-order valence-electron chi connectivity index (χ2n) is 6.88. The molecule has 3 nitrogen and oxygen atoms in total. The van der Waals surface area contributed by atoms with Gasteiger partial charge in [-0.15, -0.1) is 11.3 Å². The Morgan fingerprint density at radius 1 is 1.43 bits per heavy atom. The van der Waals surface area contributed by atoms with Crippen molar-refractivity contribution in [3.05, 3.63) is 22.4 Å². The fourth-order valence-corrected chi connectivity index (χ4v) is 4.14. The van der Waals surface area contributed by atoms with Crippen LogP contribution in [0.25, 0.3) is 0 Å². The average molecular weight is 306 g/mol. The van der Waals surface area contributed by atoms with Crippen molar-refractivity contribution in [1.29, 1.82) is 0 Å². The molecule has 2 heterocycles. The molecule has 2 fully saturated rings. The van der Waals surface area contributed by atoms with Gasteiger partial charge in [0.05, 0.1) is 6.04 Å². The lowest BCUT2D eigenvalue weighted by atomic mass is 9.83. The van der Waals surface area contributed by atoms with Crippen LogP contribution in [0.5, 0.6) is 0 Å². The van der Waals surface area contributed by atoms with Gasteiger partial charge in [0.15, 0.2) is 0 Å². The molecule has 1 N–H and O–H groups in total. The van der Waals surface area contributed by atoms with Crippen molar-refractivity contribution in [2.24, 2.45) is 11.8 Å². The van der Waals surface area contributed by atoms with Crippen LogP contribution < -0.4 is 5.32 Å². The molecule has 0 radical (unpaired) electrons. The van der Waals surface area contributed by atoms with E-state index in [0.29, 0.717) is 11.8 Å². The summed E-state index contributed by atoms with van der Waals surface area (Å²) in [6, 6.07) is 4.22. The van der Waals surface area contributed by atoms with Crippen LogP contribution in [-0.2, 0) is 4.79 Å². The first kappa shape index (κ1) is 15.0. The fourth-order valence-electron chi connectivity index (χ4n) is 3.34. The van der Waals surface area contributed by atoms with Crippen molar-refractivity contribution in [2.45, 2.75) is 58.2 Å². The van der Waals surface area contributed by atoms with Gasteiger partial charge >= 0.3 is 0 Å². The molecule has 3 rings (SSSR count). The van der Waals surface area contributed by atoms with E-state index in [2.05, 4.69) is 41.6 Å². The lowest BCUT2D eigenvalue weighted by molar-refractivity contribution is -0.130. The summed E-state index contributed by atoms with van der Waals surface area (Å²) >= 11 is 1.74. The van der Waals surface area contributed by atoms with E-state index in [1.54, 1.807) is 11.3 Å². The number of carbonyl (C=O) groups is 1. The molecule has 0 bridgehead atoms. The summed E-state index contributed by atoms with van der Waals surface area (Å²) in [5.41, 5.74) is 0. The first-order chi connectivity index (χ1) is 10.1. The van der Waals surface area contributed by atoms with Crippen molar-refractivity contribution < 1.29 is 4.79 Å². The van der Waals surface area contributed by atoms with E-state index < -0.39 is 0 Å². The molecule has 21 heavy (non-hydrogen) atoms. The molecule has 0 spiro atoms. The van der Waals surface area contributed by atoms with E-state index in [-0.39, 0.29) is 12.2 Å². The fraction of sp³-hybridized carbons (Fsp3) is 0.706. The molecule has 2 unspecified atom stereocenters. The molecule has 0 aromatic carbocycles. The maximum absolute atomic E-state index is 12.7. The molecule has 116 valence electrons. The predicted molar refractivity (Wildman–Crippen MR) is 87.1 cm³/mol. The summed E-state index contributed by atoms with van der Waals surface area (Å²) in [4.78, 5) is 16.1. The first-order valence-electron chi connectivity index (χ1n) is 8.25. The topological polar surface area (TPSA) is 32.3 Å². The van der Waals surface area contributed by atoms with Crippen LogP contribution in [0.2, 0.25) is 0 Å². The lowest BCUT2D eigenvalue weighted by Gasteiger charge is -2.29. The Morgan fingerprint density at radius 3 is 2.81 bits per heavy atom. The van der Waals surface area contributed by atoms with Crippen LogP contribution in [0.1, 0.15) is 57.0 Å². The zero-order chi connectivity index (χ0) is 14.8. The molecule has 4 heteroatoms. The van der Waals surface area contributed by atoms with Crippen LogP contribution >= 0.6 is 11.3 Å². The quantitative estimate of drug-likeness (QED) is 0.867. The number of carbonyl (C=O) groups excluding carboxylic acids is 1. The van der Waals surface area contributed by atoms with Gasteiger partial charge in [-0.1, -0.05) is 39.2 Å². The van der Waals surface area contributed by atoms with Gasteiger partial charge < -0.3 is 4.90 Å². The highest BCUT2D eigenvalue weighted by atomic mass is 32.1. The summed E-state index contributed by atoms with van der Waals surface area (Å²) in [7, 11) is 0. The van der Waals surface area contributed by atoms with Gasteiger partial charge in [0, 0.05) is 11.4 Å². The van der Waals surface area contributed by atoms with Crippen molar-refractivity contribution in [3.63, 3.8) is 0 Å². The van der Waals surface area contributed by atoms with Crippen LogP contribution in [0, 0.1) is 11.8 Å². The van der Waals surface area contributed by atoms with E-state index in [1.165, 1.54) is 30.6 Å². The summed E-state index contributed by atoms with van der Waals surface area (Å²) in [6.07, 6.45) is 6.29. The van der Waals surface area contributed by atoms with Crippen LogP contribution in [-0.4, -0.2) is 23.4 Å². The van der Waals surface area contributed by atoms with Crippen LogP contribution in [0.4, 0.5) is 0 Å². The SMILES string of the molecule is CC(C)CC1NC(c2cccs2)N(CCC2CCC2)C1=O. The first-order valence-corrected chi connectivity index (χ1v) is 9.13. The average Bonchev–Trinajstić information content (AvgIpc) is 2.98. The van der Waals surface area contributed by atoms with E-state index in [0.717, 1.165) is 18.9 Å². The number of hydrogen-bond acceptors (Lipinski definition) is 3. The molecule has 2 aliphatic rings. The Morgan fingerprint density at radius 2 is 2.24 bits per heavy atom. The smallest absolute Gasteiger partial charge is 0.241 e. The minimum Gasteiger partial charge on any atom is -0.321 e. The Kier molecular flexibility index (Phi) is 4.65. The third-order valence-electron chi connectivity index (χ3n) is 4.77. The molecular formula is C17H26N2OS. The molecule has 1 aromatic heterocycles. The summed E-state index contributed by atoms with van der Waals surface area (Å²) in [5, 5.41) is 5.67. The van der Waals surface area contributed by atoms with E-state index in [9.17, 15) is 4.79 Å². The second kappa shape index (κ2) is 6.49. The number of thiophene rings is 1. The van der Waals surface area contributed by atoms with Crippen molar-refractivity contribution >= 4 is 17.2 Å². The molecule has 1 amide bonds. The van der Waals surface area contributed by atoms with Crippen LogP contribution in [0.15, 0.2) is 17.5 Å². The van der Waals surface area contributed by atoms with Crippen molar-refractivity contribution in [3.8, 4) is 0 Å². The number of nitrogens with one attached hydrogen (secondary N) is 1. The lowest BCUT2D eigenvalue weighted by Crippen LogP contribution is -2.33. The minimum atomic E-state index is -0.00140. The Balaban J connectivity index is 1.70. The number of hydrogen-bond donors (Lipinski definition) is 1. The van der Waals surface area contributed by atoms with Gasteiger partial charge in [-0.3, -0.25) is 10.1 Å². The maximum Gasteiger partial charge on any atom is 0.241 e. The van der Waals surface area contributed by atoms with Gasteiger partial charge in [0.2, 0.25) is 5.91 Å².